The Morgan fingerprint density at radius 1 is 0.679 bits per heavy atom. The number of carbonyl (C=O) groups excluding carboxylic acids is 1. The summed E-state index contributed by atoms with van der Waals surface area (Å²) in [7, 11) is 0. The average molecular weight is 768 g/mol. The standard InChI is InChI=1S/C44H40F3NO8/c45-44(46,47)42(50)33-23-48-34-21-22-35(52-25-30-15-7-2-8-16-30)39(37(33)34)56-43-38(49)41(54-27-32-19-11-4-12-20-32)40(53-26-31-17-9-3-10-18-31)36(55-43)28-51-24-29-13-5-1-6-14-29/h1-23,36,38,40-41,43,48-49H,24-28H2/t36-,38-,40-,41-,43+/m1/s1. The molecule has 0 radical (unpaired) electrons. The molecular formula is C44H40F3NO8. The van der Waals surface area contributed by atoms with Gasteiger partial charge in [-0.3, -0.25) is 4.79 Å². The van der Waals surface area contributed by atoms with Crippen LogP contribution in [0.2, 0.25) is 0 Å². The predicted octanol–water partition coefficient (Wildman–Crippen LogP) is 8.34. The Morgan fingerprint density at radius 2 is 1.20 bits per heavy atom. The molecule has 0 bridgehead atoms. The Bertz CT molecular complexity index is 2150. The van der Waals surface area contributed by atoms with E-state index in [9.17, 15) is 23.1 Å². The molecule has 1 aliphatic rings. The van der Waals surface area contributed by atoms with Crippen molar-refractivity contribution in [1.82, 2.24) is 4.98 Å². The number of aliphatic hydroxyl groups is 1. The van der Waals surface area contributed by atoms with Crippen LogP contribution in [0.25, 0.3) is 10.9 Å². The van der Waals surface area contributed by atoms with Crippen LogP contribution >= 0.6 is 0 Å². The summed E-state index contributed by atoms with van der Waals surface area (Å²) in [5.74, 6) is -2.29. The number of hydrogen-bond donors (Lipinski definition) is 2. The first-order valence-corrected chi connectivity index (χ1v) is 18.1. The molecule has 2 N–H and O–H groups in total. The van der Waals surface area contributed by atoms with Gasteiger partial charge in [-0.05, 0) is 34.4 Å². The highest BCUT2D eigenvalue weighted by atomic mass is 19.4. The highest BCUT2D eigenvalue weighted by Crippen LogP contribution is 2.42. The zero-order valence-corrected chi connectivity index (χ0v) is 30.1. The van der Waals surface area contributed by atoms with Gasteiger partial charge in [0, 0.05) is 6.20 Å². The topological polar surface area (TPSA) is 108 Å². The monoisotopic (exact) mass is 767 g/mol. The third-order valence-electron chi connectivity index (χ3n) is 9.31. The zero-order chi connectivity index (χ0) is 38.9. The number of nitrogens with one attached hydrogen (secondary N) is 1. The fraction of sp³-hybridized carbons (Fsp3) is 0.250. The summed E-state index contributed by atoms with van der Waals surface area (Å²) in [5.41, 5.74) is 2.88. The molecule has 2 heterocycles. The van der Waals surface area contributed by atoms with E-state index in [-0.39, 0.29) is 55.4 Å². The average Bonchev–Trinajstić information content (AvgIpc) is 3.66. The lowest BCUT2D eigenvalue weighted by Crippen LogP contribution is -2.61. The minimum Gasteiger partial charge on any atom is -0.485 e. The summed E-state index contributed by atoms with van der Waals surface area (Å²) in [5, 5.41) is 11.9. The number of ether oxygens (including phenoxy) is 6. The van der Waals surface area contributed by atoms with Crippen LogP contribution in [0.4, 0.5) is 13.2 Å². The van der Waals surface area contributed by atoms with Gasteiger partial charge in [0.2, 0.25) is 6.29 Å². The third kappa shape index (κ3) is 9.47. The maximum absolute atomic E-state index is 13.9. The number of ketones is 1. The van der Waals surface area contributed by atoms with Crippen molar-refractivity contribution in [3.63, 3.8) is 0 Å². The van der Waals surface area contributed by atoms with Gasteiger partial charge in [-0.25, -0.2) is 0 Å². The van der Waals surface area contributed by atoms with Crippen LogP contribution in [0.1, 0.15) is 32.6 Å². The number of rotatable bonds is 16. The van der Waals surface area contributed by atoms with E-state index in [4.69, 9.17) is 28.4 Å². The maximum Gasteiger partial charge on any atom is 0.454 e. The SMILES string of the molecule is O=C(c1c[nH]c2ccc(OCc3ccccc3)c(O[C@@H]3O[C@H](COCc4ccccc4)[C@@H](OCc4ccccc4)[C@H](OCc4ccccc4)[C@H]3O)c12)C(F)(F)F. The number of alkyl halides is 3. The first kappa shape index (κ1) is 38.8. The fourth-order valence-electron chi connectivity index (χ4n) is 6.51. The number of Topliss-reactive ketones (excluding diaryl/α,β-unsaturated/α-hetero) is 1. The number of carbonyl (C=O) groups is 1. The molecule has 1 saturated heterocycles. The number of H-pyrrole nitrogens is 1. The number of aromatic amines is 1. The lowest BCUT2D eigenvalue weighted by molar-refractivity contribution is -0.299. The van der Waals surface area contributed by atoms with E-state index in [1.54, 1.807) is 0 Å². The maximum atomic E-state index is 13.9. The van der Waals surface area contributed by atoms with Crippen molar-refractivity contribution in [2.75, 3.05) is 6.61 Å². The van der Waals surface area contributed by atoms with Gasteiger partial charge in [0.25, 0.3) is 5.78 Å². The highest BCUT2D eigenvalue weighted by Gasteiger charge is 2.49. The molecule has 1 fully saturated rings. The van der Waals surface area contributed by atoms with Gasteiger partial charge >= 0.3 is 6.18 Å². The van der Waals surface area contributed by atoms with E-state index in [1.165, 1.54) is 12.1 Å². The second-order valence-electron chi connectivity index (χ2n) is 13.3. The molecule has 9 nitrogen and oxygen atoms in total. The number of aliphatic hydroxyl groups excluding tert-OH is 1. The van der Waals surface area contributed by atoms with Crippen molar-refractivity contribution in [1.29, 1.82) is 0 Å². The van der Waals surface area contributed by atoms with Crippen LogP contribution in [0, 0.1) is 0 Å². The van der Waals surface area contributed by atoms with Gasteiger partial charge in [-0.15, -0.1) is 0 Å². The third-order valence-corrected chi connectivity index (χ3v) is 9.31. The highest BCUT2D eigenvalue weighted by molar-refractivity contribution is 6.12. The Hall–Kier alpha value is -5.50. The number of aromatic nitrogens is 1. The van der Waals surface area contributed by atoms with Crippen molar-refractivity contribution in [3.05, 3.63) is 167 Å². The van der Waals surface area contributed by atoms with E-state index in [2.05, 4.69) is 4.98 Å². The lowest BCUT2D eigenvalue weighted by Gasteiger charge is -2.44. The molecule has 0 amide bonds. The Balaban J connectivity index is 1.25. The molecule has 6 aromatic rings. The van der Waals surface area contributed by atoms with Crippen LogP contribution < -0.4 is 9.47 Å². The summed E-state index contributed by atoms with van der Waals surface area (Å²) >= 11 is 0. The minimum absolute atomic E-state index is 0.0223. The summed E-state index contributed by atoms with van der Waals surface area (Å²) in [4.78, 5) is 15.5. The Kier molecular flexibility index (Phi) is 12.4. The molecule has 0 spiro atoms. The van der Waals surface area contributed by atoms with Crippen molar-refractivity contribution >= 4 is 16.7 Å². The number of halogens is 3. The van der Waals surface area contributed by atoms with Crippen LogP contribution in [0.3, 0.4) is 0 Å². The Labute approximate surface area is 321 Å². The van der Waals surface area contributed by atoms with E-state index in [1.807, 2.05) is 121 Å². The van der Waals surface area contributed by atoms with Crippen molar-refractivity contribution < 1.29 is 51.5 Å². The largest absolute Gasteiger partial charge is 0.485 e. The quantitative estimate of drug-likeness (QED) is 0.0947. The molecule has 1 aromatic heterocycles. The summed E-state index contributed by atoms with van der Waals surface area (Å²) < 4.78 is 79.8. The van der Waals surface area contributed by atoms with Gasteiger partial charge in [-0.1, -0.05) is 121 Å². The first-order valence-electron chi connectivity index (χ1n) is 18.1. The van der Waals surface area contributed by atoms with Crippen molar-refractivity contribution in [2.24, 2.45) is 0 Å². The normalized spacial score (nSPS) is 19.8. The zero-order valence-electron chi connectivity index (χ0n) is 30.1. The first-order chi connectivity index (χ1) is 27.2. The molecule has 12 heteroatoms. The molecule has 5 atom stereocenters. The van der Waals surface area contributed by atoms with Crippen molar-refractivity contribution in [3.8, 4) is 11.5 Å². The van der Waals surface area contributed by atoms with Gasteiger partial charge in [0.05, 0.1) is 42.9 Å². The van der Waals surface area contributed by atoms with Crippen LogP contribution in [0.15, 0.2) is 140 Å². The van der Waals surface area contributed by atoms with Gasteiger partial charge in [0.1, 0.15) is 31.0 Å². The predicted molar refractivity (Wildman–Crippen MR) is 201 cm³/mol. The molecular weight excluding hydrogens is 727 g/mol. The lowest BCUT2D eigenvalue weighted by atomic mass is 9.98. The van der Waals surface area contributed by atoms with Crippen LogP contribution in [-0.2, 0) is 45.4 Å². The summed E-state index contributed by atoms with van der Waals surface area (Å²) in [6.45, 7) is 0.462. The molecule has 0 aliphatic carbocycles. The Morgan fingerprint density at radius 3 is 1.75 bits per heavy atom. The van der Waals surface area contributed by atoms with Gasteiger partial charge < -0.3 is 38.5 Å². The number of fused-ring (bicyclic) bond motifs is 1. The molecule has 5 aromatic carbocycles. The molecule has 0 saturated carbocycles. The van der Waals surface area contributed by atoms with E-state index < -0.39 is 48.2 Å². The molecule has 290 valence electrons. The summed E-state index contributed by atoms with van der Waals surface area (Å²) in [6.07, 6.45) is -10.2. The summed E-state index contributed by atoms with van der Waals surface area (Å²) in [6, 6.07) is 40.5. The molecule has 0 unspecified atom stereocenters. The van der Waals surface area contributed by atoms with Crippen LogP contribution in [0.5, 0.6) is 11.5 Å². The number of hydrogen-bond acceptors (Lipinski definition) is 8. The number of benzene rings is 5. The van der Waals surface area contributed by atoms with E-state index >= 15 is 0 Å². The van der Waals surface area contributed by atoms with Gasteiger partial charge in [0.15, 0.2) is 11.5 Å². The fourth-order valence-corrected chi connectivity index (χ4v) is 6.51. The molecule has 56 heavy (non-hydrogen) atoms. The second-order valence-corrected chi connectivity index (χ2v) is 13.3. The van der Waals surface area contributed by atoms with Crippen LogP contribution in [-0.4, -0.2) is 59.4 Å². The van der Waals surface area contributed by atoms with E-state index in [0.29, 0.717) is 0 Å². The molecule has 7 rings (SSSR count). The van der Waals surface area contributed by atoms with E-state index in [0.717, 1.165) is 28.5 Å². The van der Waals surface area contributed by atoms with Crippen molar-refractivity contribution in [2.45, 2.75) is 63.3 Å². The smallest absolute Gasteiger partial charge is 0.454 e. The van der Waals surface area contributed by atoms with Gasteiger partial charge in [-0.2, -0.15) is 13.2 Å². The molecule has 1 aliphatic heterocycles. The minimum atomic E-state index is -5.19. The second kappa shape index (κ2) is 18.0.